The lowest BCUT2D eigenvalue weighted by molar-refractivity contribution is -0.136. The van der Waals surface area contributed by atoms with Gasteiger partial charge >= 0.3 is 6.03 Å². The number of carbonyl (C=O) groups excluding carboxylic acids is 3. The summed E-state index contributed by atoms with van der Waals surface area (Å²) in [5.74, 6) is 6.57. The van der Waals surface area contributed by atoms with Gasteiger partial charge in [-0.15, -0.1) is 0 Å². The lowest BCUT2D eigenvalue weighted by Gasteiger charge is -2.27. The summed E-state index contributed by atoms with van der Waals surface area (Å²) in [6.45, 7) is 0. The second kappa shape index (κ2) is 5.84. The molecule has 1 fully saturated rings. The maximum atomic E-state index is 13.4. The second-order valence-corrected chi connectivity index (χ2v) is 4.21. The van der Waals surface area contributed by atoms with Crippen LogP contribution >= 0.6 is 0 Å². The van der Waals surface area contributed by atoms with Crippen LogP contribution in [0.3, 0.4) is 0 Å². The third-order valence-corrected chi connectivity index (χ3v) is 2.84. The van der Waals surface area contributed by atoms with Gasteiger partial charge in [0.1, 0.15) is 17.2 Å². The Morgan fingerprint density at radius 2 is 1.45 bits per heavy atom. The number of nitrogens with zero attached hydrogens (tertiary/aromatic N) is 2. The van der Waals surface area contributed by atoms with E-state index in [0.29, 0.717) is 0 Å². The van der Waals surface area contributed by atoms with E-state index in [1.54, 1.807) is 0 Å². The van der Waals surface area contributed by atoms with Crippen LogP contribution in [0, 0.1) is 11.6 Å². The maximum absolute atomic E-state index is 13.4. The number of allylic oxidation sites excluding steroid dienone is 2. The van der Waals surface area contributed by atoms with Crippen LogP contribution in [0.4, 0.5) is 13.6 Å². The predicted octanol–water partition coefficient (Wildman–Crippen LogP) is 0.443. The van der Waals surface area contributed by atoms with Crippen LogP contribution < -0.4 is 11.7 Å². The molecule has 1 heterocycles. The first-order valence-corrected chi connectivity index (χ1v) is 5.89. The Labute approximate surface area is 123 Å². The molecule has 1 aromatic rings. The van der Waals surface area contributed by atoms with Gasteiger partial charge in [0.25, 0.3) is 11.8 Å². The average molecular weight is 308 g/mol. The molecule has 22 heavy (non-hydrogen) atoms. The number of hydrogen-bond acceptors (Lipinski definition) is 5. The van der Waals surface area contributed by atoms with Crippen molar-refractivity contribution in [2.45, 2.75) is 0 Å². The molecule has 0 aromatic heterocycles. The zero-order valence-corrected chi connectivity index (χ0v) is 11.0. The molecule has 4 amide bonds. The Morgan fingerprint density at radius 3 is 1.95 bits per heavy atom. The Bertz CT molecular complexity index is 684. The lowest BCUT2D eigenvalue weighted by Crippen LogP contribution is -2.61. The van der Waals surface area contributed by atoms with E-state index in [4.69, 9.17) is 11.7 Å². The summed E-state index contributed by atoms with van der Waals surface area (Å²) in [7, 11) is 0. The zero-order chi connectivity index (χ0) is 16.4. The standard InChI is InChI=1S/C13H10F2N4O3/c14-9-5-2-6-10(15)7(9)3-1-4-8-11(20)18(16)13(22)19(17)12(8)21/h1-6H,16-17H2/b3-1+. The highest BCUT2D eigenvalue weighted by Gasteiger charge is 2.39. The Hall–Kier alpha value is -2.91. The van der Waals surface area contributed by atoms with Crippen molar-refractivity contribution in [3.63, 3.8) is 0 Å². The van der Waals surface area contributed by atoms with Gasteiger partial charge < -0.3 is 0 Å². The van der Waals surface area contributed by atoms with Crippen molar-refractivity contribution in [1.82, 2.24) is 10.0 Å². The number of halogens is 2. The average Bonchev–Trinajstić information content (AvgIpc) is 2.49. The van der Waals surface area contributed by atoms with Gasteiger partial charge in [0, 0.05) is 5.56 Å². The fourth-order valence-electron chi connectivity index (χ4n) is 1.69. The minimum atomic E-state index is -1.18. The summed E-state index contributed by atoms with van der Waals surface area (Å²) in [5, 5.41) is 0.315. The number of rotatable bonds is 2. The zero-order valence-electron chi connectivity index (χ0n) is 11.0. The molecule has 9 heteroatoms. The van der Waals surface area contributed by atoms with Gasteiger partial charge in [-0.1, -0.05) is 12.1 Å². The van der Waals surface area contributed by atoms with Gasteiger partial charge in [-0.2, -0.15) is 10.0 Å². The van der Waals surface area contributed by atoms with E-state index >= 15 is 0 Å². The van der Waals surface area contributed by atoms with Crippen LogP contribution in [0.5, 0.6) is 0 Å². The Balaban J connectivity index is 2.33. The molecule has 0 unspecified atom stereocenters. The topological polar surface area (TPSA) is 110 Å². The van der Waals surface area contributed by atoms with Crippen molar-refractivity contribution in [1.29, 1.82) is 0 Å². The molecule has 0 bridgehead atoms. The third-order valence-electron chi connectivity index (χ3n) is 2.84. The number of amides is 4. The molecule has 2 rings (SSSR count). The van der Waals surface area contributed by atoms with Crippen LogP contribution in [-0.2, 0) is 9.59 Å². The van der Waals surface area contributed by atoms with Gasteiger partial charge in [-0.05, 0) is 24.3 Å². The van der Waals surface area contributed by atoms with Crippen molar-refractivity contribution >= 4 is 23.9 Å². The van der Waals surface area contributed by atoms with Crippen LogP contribution in [0.25, 0.3) is 6.08 Å². The molecular formula is C13H10F2N4O3. The smallest absolute Gasteiger partial charge is 0.267 e. The Kier molecular flexibility index (Phi) is 4.11. The summed E-state index contributed by atoms with van der Waals surface area (Å²) in [4.78, 5) is 34.7. The maximum Gasteiger partial charge on any atom is 0.363 e. The fourth-order valence-corrected chi connectivity index (χ4v) is 1.69. The van der Waals surface area contributed by atoms with E-state index in [0.717, 1.165) is 30.4 Å². The number of urea groups is 1. The largest absolute Gasteiger partial charge is 0.363 e. The molecule has 0 radical (unpaired) electrons. The normalized spacial score (nSPS) is 16.0. The molecular weight excluding hydrogens is 298 g/mol. The van der Waals surface area contributed by atoms with Crippen molar-refractivity contribution in [2.75, 3.05) is 0 Å². The van der Waals surface area contributed by atoms with E-state index in [2.05, 4.69) is 0 Å². The Morgan fingerprint density at radius 1 is 0.955 bits per heavy atom. The van der Waals surface area contributed by atoms with Crippen molar-refractivity contribution < 1.29 is 23.2 Å². The van der Waals surface area contributed by atoms with E-state index < -0.39 is 35.1 Å². The van der Waals surface area contributed by atoms with Crippen LogP contribution in [-0.4, -0.2) is 27.9 Å². The highest BCUT2D eigenvalue weighted by molar-refractivity contribution is 6.28. The van der Waals surface area contributed by atoms with Crippen LogP contribution in [0.2, 0.25) is 0 Å². The fraction of sp³-hybridized carbons (Fsp3) is 0. The molecule has 7 nitrogen and oxygen atoms in total. The van der Waals surface area contributed by atoms with Crippen molar-refractivity contribution in [3.8, 4) is 0 Å². The molecule has 0 saturated carbocycles. The SMILES string of the molecule is NN1C(=O)C(=C/C=C/c2c(F)cccc2F)C(=O)N(N)C1=O. The third kappa shape index (κ3) is 2.62. The van der Waals surface area contributed by atoms with E-state index in [9.17, 15) is 23.2 Å². The van der Waals surface area contributed by atoms with E-state index in [-0.39, 0.29) is 15.6 Å². The van der Waals surface area contributed by atoms with Crippen molar-refractivity contribution in [3.05, 3.63) is 53.1 Å². The minimum absolute atomic E-state index is 0.157. The number of barbiturate groups is 1. The molecule has 0 atom stereocenters. The summed E-state index contributed by atoms with van der Waals surface area (Å²) in [5.41, 5.74) is -0.863. The second-order valence-electron chi connectivity index (χ2n) is 4.21. The summed E-state index contributed by atoms with van der Waals surface area (Å²) in [6, 6.07) is 2.11. The van der Waals surface area contributed by atoms with E-state index in [1.807, 2.05) is 0 Å². The first-order valence-electron chi connectivity index (χ1n) is 5.89. The van der Waals surface area contributed by atoms with Crippen LogP contribution in [0.15, 0.2) is 35.9 Å². The van der Waals surface area contributed by atoms with Crippen LogP contribution in [0.1, 0.15) is 5.56 Å². The quantitative estimate of drug-likeness (QED) is 0.356. The molecule has 1 aliphatic heterocycles. The predicted molar refractivity (Wildman–Crippen MR) is 70.9 cm³/mol. The molecule has 1 saturated heterocycles. The number of hydrogen-bond donors (Lipinski definition) is 2. The van der Waals surface area contributed by atoms with Gasteiger partial charge in [0.15, 0.2) is 0 Å². The summed E-state index contributed by atoms with van der Waals surface area (Å²) >= 11 is 0. The molecule has 0 aliphatic carbocycles. The monoisotopic (exact) mass is 308 g/mol. The number of imide groups is 2. The number of hydrazine groups is 2. The highest BCUT2D eigenvalue weighted by Crippen LogP contribution is 2.15. The van der Waals surface area contributed by atoms with E-state index in [1.165, 1.54) is 6.07 Å². The molecule has 114 valence electrons. The van der Waals surface area contributed by atoms with Crippen molar-refractivity contribution in [2.24, 2.45) is 11.7 Å². The van der Waals surface area contributed by atoms with Gasteiger partial charge in [-0.25, -0.2) is 25.3 Å². The first-order chi connectivity index (χ1) is 10.3. The molecule has 4 N–H and O–H groups in total. The number of benzene rings is 1. The highest BCUT2D eigenvalue weighted by atomic mass is 19.1. The van der Waals surface area contributed by atoms with Gasteiger partial charge in [0.05, 0.1) is 0 Å². The number of carbonyl (C=O) groups is 3. The lowest BCUT2D eigenvalue weighted by atomic mass is 10.1. The van der Waals surface area contributed by atoms with Gasteiger partial charge in [-0.3, -0.25) is 9.59 Å². The number of nitrogens with two attached hydrogens (primary N) is 2. The molecule has 0 spiro atoms. The molecule has 1 aliphatic rings. The minimum Gasteiger partial charge on any atom is -0.267 e. The summed E-state index contributed by atoms with van der Waals surface area (Å²) in [6.07, 6.45) is 3.06. The van der Waals surface area contributed by atoms with Gasteiger partial charge in [0.2, 0.25) is 0 Å². The first kappa shape index (κ1) is 15.5. The summed E-state index contributed by atoms with van der Waals surface area (Å²) < 4.78 is 26.8. The molecule has 1 aromatic carbocycles.